The largest absolute Gasteiger partial charge is 0.478 e. The summed E-state index contributed by atoms with van der Waals surface area (Å²) in [5.41, 5.74) is 1.44. The molecule has 2 aromatic rings. The van der Waals surface area contributed by atoms with E-state index in [4.69, 9.17) is 5.11 Å². The summed E-state index contributed by atoms with van der Waals surface area (Å²) in [5.74, 6) is 0.570. The Morgan fingerprint density at radius 1 is 1.06 bits per heavy atom. The van der Waals surface area contributed by atoms with Crippen LogP contribution in [0.4, 0.5) is 4.79 Å². The number of pyridine rings is 1. The number of carbonyl (C=O) groups excluding carboxylic acids is 2. The lowest BCUT2D eigenvalue weighted by atomic mass is 10.1. The predicted molar refractivity (Wildman–Crippen MR) is 108 cm³/mol. The fourth-order valence-corrected chi connectivity index (χ4v) is 3.63. The van der Waals surface area contributed by atoms with E-state index in [1.807, 2.05) is 0 Å². The second-order valence-electron chi connectivity index (χ2n) is 6.20. The van der Waals surface area contributed by atoms with E-state index in [2.05, 4.69) is 22.3 Å². The first-order valence-corrected chi connectivity index (χ1v) is 10.2. The number of nitrogens with zero attached hydrogens (tertiary/aromatic N) is 3. The molecule has 0 saturated carbocycles. The van der Waals surface area contributed by atoms with Crippen LogP contribution in [0.15, 0.2) is 61.1 Å². The molecule has 1 aromatic heterocycles. The van der Waals surface area contributed by atoms with Crippen molar-refractivity contribution >= 4 is 28.1 Å². The van der Waals surface area contributed by atoms with Crippen molar-refractivity contribution in [2.45, 2.75) is 13.0 Å². The topological polar surface area (TPSA) is 137 Å². The number of benzene rings is 1. The van der Waals surface area contributed by atoms with Gasteiger partial charge in [-0.15, -0.1) is 4.31 Å². The maximum atomic E-state index is 12.7. The Hall–Kier alpha value is -4.17. The number of carbonyl (C=O) groups is 3. The molecule has 0 atom stereocenters. The van der Waals surface area contributed by atoms with Crippen LogP contribution in [0.2, 0.25) is 0 Å². The van der Waals surface area contributed by atoms with Crippen LogP contribution in [-0.2, 0) is 28.0 Å². The summed E-state index contributed by atoms with van der Waals surface area (Å²) < 4.78 is 26.0. The Morgan fingerprint density at radius 2 is 1.74 bits per heavy atom. The number of aromatic nitrogens is 1. The van der Waals surface area contributed by atoms with Crippen molar-refractivity contribution < 1.29 is 27.9 Å². The lowest BCUT2D eigenvalue weighted by Crippen LogP contribution is -2.50. The Bertz CT molecular complexity index is 1200. The van der Waals surface area contributed by atoms with Crippen LogP contribution in [0.25, 0.3) is 0 Å². The van der Waals surface area contributed by atoms with Crippen molar-refractivity contribution in [2.75, 3.05) is 0 Å². The molecule has 10 nitrogen and oxygen atoms in total. The molecule has 0 unspecified atom stereocenters. The number of hydrogen-bond donors (Lipinski definition) is 2. The molecular formula is C20H16N4O6S. The molecule has 1 aromatic carbocycles. The highest BCUT2D eigenvalue weighted by atomic mass is 32.2. The van der Waals surface area contributed by atoms with Gasteiger partial charge in [-0.2, -0.15) is 12.7 Å². The monoisotopic (exact) mass is 440 g/mol. The van der Waals surface area contributed by atoms with Crippen molar-refractivity contribution in [1.29, 1.82) is 0 Å². The number of carboxylic acid groups (broad SMARTS) is 1. The molecule has 1 aliphatic rings. The third kappa shape index (κ3) is 5.06. The van der Waals surface area contributed by atoms with Crippen LogP contribution in [-0.4, -0.2) is 45.0 Å². The van der Waals surface area contributed by atoms with E-state index < -0.39 is 28.1 Å². The van der Waals surface area contributed by atoms with Gasteiger partial charge >= 0.3 is 22.2 Å². The average Bonchev–Trinajstić information content (AvgIpc) is 2.75. The van der Waals surface area contributed by atoms with E-state index in [0.29, 0.717) is 15.4 Å². The zero-order chi connectivity index (χ0) is 22.4. The molecule has 2 heterocycles. The Morgan fingerprint density at radius 3 is 2.39 bits per heavy atom. The van der Waals surface area contributed by atoms with Crippen LogP contribution >= 0.6 is 0 Å². The summed E-state index contributed by atoms with van der Waals surface area (Å²) in [4.78, 5) is 39.1. The molecule has 0 radical (unpaired) electrons. The Labute approximate surface area is 178 Å². The van der Waals surface area contributed by atoms with Gasteiger partial charge in [0, 0.05) is 43.7 Å². The standard InChI is InChI=1S/C20H16N4O6S/c25-18-9-13-24(20(28)22-14-16-7-10-21-11-8-16)31(29,30)23(18)12-1-2-15-3-5-17(6-4-15)19(26)27/h3-11,13H,2,14H2,(H,22,28)(H,26,27). The molecule has 2 N–H and O–H groups in total. The van der Waals surface area contributed by atoms with Crippen LogP contribution < -0.4 is 5.32 Å². The maximum Gasteiger partial charge on any atom is 0.347 e. The van der Waals surface area contributed by atoms with Crippen molar-refractivity contribution in [3.8, 4) is 12.0 Å². The number of rotatable bonds is 4. The van der Waals surface area contributed by atoms with Gasteiger partial charge in [-0.3, -0.25) is 9.78 Å². The fourth-order valence-electron chi connectivity index (χ4n) is 2.50. The molecule has 0 saturated heterocycles. The highest BCUT2D eigenvalue weighted by molar-refractivity contribution is 7.88. The lowest BCUT2D eigenvalue weighted by Gasteiger charge is -2.26. The van der Waals surface area contributed by atoms with Crippen molar-refractivity contribution in [2.24, 2.45) is 0 Å². The zero-order valence-corrected chi connectivity index (χ0v) is 16.7. The molecule has 158 valence electrons. The van der Waals surface area contributed by atoms with Gasteiger partial charge in [0.25, 0.3) is 5.91 Å². The number of nitrogens with one attached hydrogen (secondary N) is 1. The summed E-state index contributed by atoms with van der Waals surface area (Å²) in [6, 6.07) is 10.5. The van der Waals surface area contributed by atoms with Gasteiger partial charge in [0.1, 0.15) is 0 Å². The van der Waals surface area contributed by atoms with E-state index in [1.54, 1.807) is 12.1 Å². The molecule has 0 bridgehead atoms. The number of carboxylic acids is 1. The minimum absolute atomic E-state index is 0.0627. The smallest absolute Gasteiger partial charge is 0.347 e. The molecule has 11 heteroatoms. The van der Waals surface area contributed by atoms with Gasteiger partial charge in [-0.25, -0.2) is 9.59 Å². The second kappa shape index (κ2) is 9.10. The Kier molecular flexibility index (Phi) is 6.32. The molecule has 3 amide bonds. The average molecular weight is 440 g/mol. The zero-order valence-electron chi connectivity index (χ0n) is 15.9. The van der Waals surface area contributed by atoms with Crippen molar-refractivity contribution in [3.63, 3.8) is 0 Å². The van der Waals surface area contributed by atoms with Gasteiger partial charge < -0.3 is 10.4 Å². The molecule has 3 rings (SSSR count). The molecule has 1 aliphatic heterocycles. The predicted octanol–water partition coefficient (Wildman–Crippen LogP) is 1.10. The van der Waals surface area contributed by atoms with Gasteiger partial charge in [-0.05, 0) is 35.4 Å². The minimum atomic E-state index is -4.53. The van der Waals surface area contributed by atoms with Crippen molar-refractivity contribution in [1.82, 2.24) is 18.9 Å². The fraction of sp³-hybridized carbons (Fsp3) is 0.100. The molecular weight excluding hydrogens is 424 g/mol. The third-order valence-corrected chi connectivity index (χ3v) is 5.62. The normalized spacial score (nSPS) is 14.5. The lowest BCUT2D eigenvalue weighted by molar-refractivity contribution is -0.119. The summed E-state index contributed by atoms with van der Waals surface area (Å²) in [6.07, 6.45) is 4.91. The van der Waals surface area contributed by atoms with E-state index >= 15 is 0 Å². The highest BCUT2D eigenvalue weighted by Gasteiger charge is 2.37. The van der Waals surface area contributed by atoms with Gasteiger partial charge in [0.2, 0.25) is 0 Å². The second-order valence-corrected chi connectivity index (χ2v) is 7.86. The summed E-state index contributed by atoms with van der Waals surface area (Å²) >= 11 is 0. The van der Waals surface area contributed by atoms with Crippen LogP contribution in [0.1, 0.15) is 21.5 Å². The maximum absolute atomic E-state index is 12.7. The van der Waals surface area contributed by atoms with Crippen LogP contribution in [0, 0.1) is 12.0 Å². The molecule has 0 fully saturated rings. The minimum Gasteiger partial charge on any atom is -0.478 e. The van der Waals surface area contributed by atoms with E-state index in [9.17, 15) is 22.8 Å². The van der Waals surface area contributed by atoms with E-state index in [-0.39, 0.29) is 22.8 Å². The molecule has 0 aliphatic carbocycles. The van der Waals surface area contributed by atoms with Gasteiger partial charge in [-0.1, -0.05) is 18.1 Å². The molecule has 0 spiro atoms. The van der Waals surface area contributed by atoms with Gasteiger partial charge in [0.05, 0.1) is 5.56 Å². The quantitative estimate of drug-likeness (QED) is 0.679. The highest BCUT2D eigenvalue weighted by Crippen LogP contribution is 2.15. The van der Waals surface area contributed by atoms with Crippen LogP contribution in [0.3, 0.4) is 0 Å². The number of amides is 3. The first-order chi connectivity index (χ1) is 14.8. The van der Waals surface area contributed by atoms with E-state index in [1.165, 1.54) is 36.7 Å². The summed E-state index contributed by atoms with van der Waals surface area (Å²) in [5, 5.41) is 11.3. The number of urea groups is 1. The summed E-state index contributed by atoms with van der Waals surface area (Å²) in [6.45, 7) is 0.0627. The summed E-state index contributed by atoms with van der Waals surface area (Å²) in [7, 11) is -4.53. The third-order valence-electron chi connectivity index (χ3n) is 4.10. The Balaban J connectivity index is 1.71. The van der Waals surface area contributed by atoms with Crippen LogP contribution in [0.5, 0.6) is 0 Å². The first-order valence-electron chi connectivity index (χ1n) is 8.83. The van der Waals surface area contributed by atoms with Gasteiger partial charge in [0.15, 0.2) is 0 Å². The molecule has 31 heavy (non-hydrogen) atoms. The van der Waals surface area contributed by atoms with E-state index in [0.717, 1.165) is 12.3 Å². The first kappa shape index (κ1) is 21.5. The number of hydrogen-bond acceptors (Lipinski definition) is 6. The SMILES string of the molecule is O=C(O)c1ccc(CC#CN2C(=O)C=CN(C(=O)NCc3ccncc3)S2(=O)=O)cc1. The van der Waals surface area contributed by atoms with Crippen molar-refractivity contribution in [3.05, 3.63) is 77.8 Å². The number of aromatic carboxylic acids is 1.